The Bertz CT molecular complexity index is 424. The summed E-state index contributed by atoms with van der Waals surface area (Å²) in [6.45, 7) is 2.30. The number of benzene rings is 1. The highest BCUT2D eigenvalue weighted by atomic mass is 127. The summed E-state index contributed by atoms with van der Waals surface area (Å²) in [4.78, 5) is 20.0. The largest absolute Gasteiger partial charge is 0.461 e. The maximum atomic E-state index is 11.8. The number of alkyl halides is 2. The van der Waals surface area contributed by atoms with Crippen molar-refractivity contribution in [1.29, 1.82) is 0 Å². The lowest BCUT2D eigenvalue weighted by Gasteiger charge is -2.10. The molecule has 25 heavy (non-hydrogen) atoms. The molecule has 0 amide bonds. The van der Waals surface area contributed by atoms with Gasteiger partial charge in [0, 0.05) is 6.54 Å². The normalized spacial score (nSPS) is 9.84. The number of ether oxygens (including phenoxy) is 1. The highest BCUT2D eigenvalue weighted by Crippen LogP contribution is 2.09. The summed E-state index contributed by atoms with van der Waals surface area (Å²) in [7, 11) is 8.10. The Hall–Kier alpha value is 0.0700. The number of carbonyl (C=O) groups excluding carboxylic acids is 1. The van der Waals surface area contributed by atoms with Crippen molar-refractivity contribution in [3.05, 3.63) is 35.4 Å². The van der Waals surface area contributed by atoms with Crippen LogP contribution in [0, 0.1) is 0 Å². The molecule has 6 heteroatoms. The van der Waals surface area contributed by atoms with E-state index in [4.69, 9.17) is 4.74 Å². The van der Waals surface area contributed by atoms with Crippen molar-refractivity contribution in [1.82, 2.24) is 9.80 Å². The number of carbonyl (C=O) groups is 1. The first-order valence-corrected chi connectivity index (χ1v) is 12.6. The van der Waals surface area contributed by atoms with Crippen LogP contribution < -0.4 is 0 Å². The van der Waals surface area contributed by atoms with Gasteiger partial charge >= 0.3 is 5.97 Å². The van der Waals surface area contributed by atoms with Crippen molar-refractivity contribution < 1.29 is 9.53 Å². The van der Waals surface area contributed by atoms with E-state index in [1.165, 1.54) is 18.4 Å². The van der Waals surface area contributed by atoms with Crippen LogP contribution in [0.3, 0.4) is 0 Å². The number of nitrogens with zero attached hydrogens (tertiary/aromatic N) is 2. The highest BCUT2D eigenvalue weighted by Gasteiger charge is 2.06. The lowest BCUT2D eigenvalue weighted by atomic mass is 10.1. The summed E-state index contributed by atoms with van der Waals surface area (Å²) in [5.74, 6) is -0.240. The van der Waals surface area contributed by atoms with Crippen molar-refractivity contribution in [2.24, 2.45) is 0 Å². The monoisotopic (exact) mass is 576 g/mol. The lowest BCUT2D eigenvalue weighted by molar-refractivity contribution is 0.0482. The first-order valence-electron chi connectivity index (χ1n) is 8.30. The lowest BCUT2D eigenvalue weighted by Crippen LogP contribution is -2.20. The van der Waals surface area contributed by atoms with E-state index >= 15 is 0 Å². The van der Waals surface area contributed by atoms with Crippen molar-refractivity contribution >= 4 is 51.2 Å². The molecule has 0 bridgehead atoms. The molecule has 4 nitrogen and oxygen atoms in total. The smallest absolute Gasteiger partial charge is 0.338 e. The van der Waals surface area contributed by atoms with Gasteiger partial charge in [0.15, 0.2) is 0 Å². The SMILES string of the molecule is CI.CI.CN(C)CCCCc1ccc(C(=O)OCCN(C)C)cc1. The molecule has 0 heterocycles. The number of hydrogen-bond acceptors (Lipinski definition) is 4. The number of rotatable bonds is 9. The van der Waals surface area contributed by atoms with Crippen LogP contribution >= 0.6 is 45.2 Å². The van der Waals surface area contributed by atoms with Crippen LogP contribution in [0.4, 0.5) is 0 Å². The molecule has 0 unspecified atom stereocenters. The summed E-state index contributed by atoms with van der Waals surface area (Å²) in [5, 5.41) is 0. The molecule has 0 aliphatic rings. The topological polar surface area (TPSA) is 32.8 Å². The van der Waals surface area contributed by atoms with Crippen molar-refractivity contribution in [2.75, 3.05) is 57.7 Å². The van der Waals surface area contributed by atoms with Gasteiger partial charge in [-0.05, 0) is 81.6 Å². The molecule has 0 aliphatic heterocycles. The number of esters is 1. The van der Waals surface area contributed by atoms with Crippen molar-refractivity contribution in [3.8, 4) is 0 Å². The molecule has 0 aliphatic carbocycles. The average molecular weight is 576 g/mol. The van der Waals surface area contributed by atoms with Crippen LogP contribution in [-0.2, 0) is 11.2 Å². The fourth-order valence-corrected chi connectivity index (χ4v) is 1.97. The minimum absolute atomic E-state index is 0.240. The molecule has 0 fully saturated rings. The molecular weight excluding hydrogens is 542 g/mol. The Kier molecular flexibility index (Phi) is 20.6. The zero-order valence-corrected chi connectivity index (χ0v) is 20.8. The number of unbranched alkanes of at least 4 members (excludes halogenated alkanes) is 1. The van der Waals surface area contributed by atoms with Crippen molar-refractivity contribution in [2.45, 2.75) is 19.3 Å². The average Bonchev–Trinajstić information content (AvgIpc) is 2.62. The Labute approximate surface area is 182 Å². The van der Waals surface area contributed by atoms with E-state index in [1.54, 1.807) is 0 Å². The van der Waals surface area contributed by atoms with E-state index in [9.17, 15) is 4.79 Å². The molecule has 0 saturated heterocycles. The molecule has 1 aromatic carbocycles. The molecular formula is C19H34I2N2O2. The van der Waals surface area contributed by atoms with Gasteiger partial charge in [-0.25, -0.2) is 4.79 Å². The predicted molar refractivity (Wildman–Crippen MR) is 127 cm³/mol. The van der Waals surface area contributed by atoms with Crippen LogP contribution in [-0.4, -0.2) is 73.5 Å². The summed E-state index contributed by atoms with van der Waals surface area (Å²) in [6, 6.07) is 7.77. The minimum atomic E-state index is -0.240. The maximum absolute atomic E-state index is 11.8. The zero-order chi connectivity index (χ0) is 19.7. The quantitative estimate of drug-likeness (QED) is 0.189. The third-order valence-electron chi connectivity index (χ3n) is 3.28. The number of halogens is 2. The van der Waals surface area contributed by atoms with Crippen LogP contribution in [0.15, 0.2) is 24.3 Å². The fourth-order valence-electron chi connectivity index (χ4n) is 1.97. The molecule has 0 aromatic heterocycles. The van der Waals surface area contributed by atoms with Gasteiger partial charge in [0.05, 0.1) is 5.56 Å². The summed E-state index contributed by atoms with van der Waals surface area (Å²) in [6.07, 6.45) is 3.43. The second-order valence-electron chi connectivity index (χ2n) is 5.90. The third kappa shape index (κ3) is 16.0. The first kappa shape index (κ1) is 27.3. The fraction of sp³-hybridized carbons (Fsp3) is 0.632. The molecule has 146 valence electrons. The molecule has 1 rings (SSSR count). The standard InChI is InChI=1S/C17H28N2O2.2CH3I/c1-18(2)12-6-5-7-15-8-10-16(11-9-15)17(20)21-14-13-19(3)4;2*1-2/h8-11H,5-7,12-14H2,1-4H3;2*1H3. The van der Waals surface area contributed by atoms with Gasteiger partial charge in [-0.1, -0.05) is 57.3 Å². The Morgan fingerprint density at radius 2 is 1.40 bits per heavy atom. The summed E-state index contributed by atoms with van der Waals surface area (Å²) >= 11 is 4.30. The van der Waals surface area contributed by atoms with Crippen LogP contribution in [0.5, 0.6) is 0 Å². The second-order valence-corrected chi connectivity index (χ2v) is 5.90. The van der Waals surface area contributed by atoms with Crippen molar-refractivity contribution in [3.63, 3.8) is 0 Å². The molecule has 0 saturated carbocycles. The van der Waals surface area contributed by atoms with E-state index in [0.717, 1.165) is 19.5 Å². The highest BCUT2D eigenvalue weighted by molar-refractivity contribution is 14.1. The van der Waals surface area contributed by atoms with E-state index in [1.807, 2.05) is 53.1 Å². The van der Waals surface area contributed by atoms with Crippen LogP contribution in [0.1, 0.15) is 28.8 Å². The Balaban J connectivity index is 0. The van der Waals surface area contributed by atoms with E-state index in [2.05, 4.69) is 64.2 Å². The molecule has 1 aromatic rings. The minimum Gasteiger partial charge on any atom is -0.461 e. The first-order chi connectivity index (χ1) is 12.0. The van der Waals surface area contributed by atoms with Gasteiger partial charge in [-0.3, -0.25) is 0 Å². The van der Waals surface area contributed by atoms with Crippen LogP contribution in [0.2, 0.25) is 0 Å². The molecule has 0 N–H and O–H groups in total. The molecule has 0 radical (unpaired) electrons. The van der Waals surface area contributed by atoms with Crippen LogP contribution in [0.25, 0.3) is 0 Å². The number of hydrogen-bond donors (Lipinski definition) is 0. The summed E-state index contributed by atoms with van der Waals surface area (Å²) < 4.78 is 5.22. The van der Waals surface area contributed by atoms with Gasteiger partial charge in [0.25, 0.3) is 0 Å². The van der Waals surface area contributed by atoms with E-state index < -0.39 is 0 Å². The second kappa shape index (κ2) is 18.8. The van der Waals surface area contributed by atoms with Gasteiger partial charge < -0.3 is 14.5 Å². The van der Waals surface area contributed by atoms with Gasteiger partial charge in [-0.15, -0.1) is 0 Å². The predicted octanol–water partition coefficient (Wildman–Crippen LogP) is 4.39. The molecule has 0 spiro atoms. The number of aryl methyl sites for hydroxylation is 1. The van der Waals surface area contributed by atoms with E-state index in [-0.39, 0.29) is 5.97 Å². The van der Waals surface area contributed by atoms with E-state index in [0.29, 0.717) is 12.2 Å². The van der Waals surface area contributed by atoms with Gasteiger partial charge in [-0.2, -0.15) is 0 Å². The number of likely N-dealkylation sites (N-methyl/N-ethyl adjacent to an activating group) is 1. The Morgan fingerprint density at radius 3 is 1.88 bits per heavy atom. The zero-order valence-electron chi connectivity index (χ0n) is 16.5. The van der Waals surface area contributed by atoms with Gasteiger partial charge in [0.1, 0.15) is 6.61 Å². The maximum Gasteiger partial charge on any atom is 0.338 e. The van der Waals surface area contributed by atoms with Gasteiger partial charge in [0.2, 0.25) is 0 Å². The molecule has 0 atom stereocenters. The Morgan fingerprint density at radius 1 is 0.880 bits per heavy atom. The third-order valence-corrected chi connectivity index (χ3v) is 3.28. The summed E-state index contributed by atoms with van der Waals surface area (Å²) in [5.41, 5.74) is 1.91.